The summed E-state index contributed by atoms with van der Waals surface area (Å²) < 4.78 is 27.9. The van der Waals surface area contributed by atoms with Crippen molar-refractivity contribution in [1.82, 2.24) is 9.97 Å². The van der Waals surface area contributed by atoms with Crippen molar-refractivity contribution < 1.29 is 13.6 Å². The van der Waals surface area contributed by atoms with Crippen molar-refractivity contribution >= 4 is 22.8 Å². The van der Waals surface area contributed by atoms with Crippen molar-refractivity contribution in [2.24, 2.45) is 5.92 Å². The topological polar surface area (TPSA) is 57.8 Å². The SMILES string of the molecule is O=C(Nc1ccc2c(-c3c(F)cccc3F)c[nH]c2n1)C1CC1. The molecule has 0 atom stereocenters. The van der Waals surface area contributed by atoms with Gasteiger partial charge in [0.15, 0.2) is 0 Å². The standard InChI is InChI=1S/C17H13F2N3O/c18-12-2-1-3-13(19)15(12)11-8-20-16-10(11)6-7-14(21-16)22-17(23)9-4-5-9/h1-3,6-9H,4-5H2,(H2,20,21,22,23). The average molecular weight is 313 g/mol. The maximum Gasteiger partial charge on any atom is 0.228 e. The van der Waals surface area contributed by atoms with Crippen LogP contribution in [0.25, 0.3) is 22.2 Å². The molecule has 2 N–H and O–H groups in total. The molecule has 0 radical (unpaired) electrons. The summed E-state index contributed by atoms with van der Waals surface area (Å²) in [7, 11) is 0. The van der Waals surface area contributed by atoms with E-state index >= 15 is 0 Å². The van der Waals surface area contributed by atoms with Gasteiger partial charge in [0.1, 0.15) is 23.1 Å². The third-order valence-corrected chi connectivity index (χ3v) is 3.97. The maximum absolute atomic E-state index is 14.0. The molecule has 1 fully saturated rings. The normalized spacial score (nSPS) is 14.2. The summed E-state index contributed by atoms with van der Waals surface area (Å²) in [6.45, 7) is 0. The fourth-order valence-corrected chi connectivity index (χ4v) is 2.61. The van der Waals surface area contributed by atoms with Crippen molar-refractivity contribution in [3.05, 3.63) is 48.2 Å². The molecule has 0 aliphatic heterocycles. The van der Waals surface area contributed by atoms with Crippen LogP contribution in [0.5, 0.6) is 0 Å². The van der Waals surface area contributed by atoms with Gasteiger partial charge in [-0.25, -0.2) is 13.8 Å². The van der Waals surface area contributed by atoms with Crippen LogP contribution >= 0.6 is 0 Å². The van der Waals surface area contributed by atoms with Crippen molar-refractivity contribution in [1.29, 1.82) is 0 Å². The molecule has 4 nitrogen and oxygen atoms in total. The van der Waals surface area contributed by atoms with E-state index in [4.69, 9.17) is 0 Å². The Morgan fingerprint density at radius 2 is 1.91 bits per heavy atom. The lowest BCUT2D eigenvalue weighted by Crippen LogP contribution is -2.14. The molecular weight excluding hydrogens is 300 g/mol. The number of aromatic amines is 1. The molecule has 1 aliphatic carbocycles. The fraction of sp³-hybridized carbons (Fsp3) is 0.176. The van der Waals surface area contributed by atoms with Crippen LogP contribution in [0.3, 0.4) is 0 Å². The number of fused-ring (bicyclic) bond motifs is 1. The average Bonchev–Trinajstić information content (AvgIpc) is 3.30. The van der Waals surface area contributed by atoms with E-state index in [0.29, 0.717) is 22.4 Å². The number of H-pyrrole nitrogens is 1. The Morgan fingerprint density at radius 3 is 2.61 bits per heavy atom. The lowest BCUT2D eigenvalue weighted by molar-refractivity contribution is -0.117. The molecular formula is C17H13F2N3O. The predicted molar refractivity (Wildman–Crippen MR) is 82.8 cm³/mol. The Bertz CT molecular complexity index is 895. The van der Waals surface area contributed by atoms with Crippen LogP contribution in [-0.4, -0.2) is 15.9 Å². The van der Waals surface area contributed by atoms with Gasteiger partial charge in [0.25, 0.3) is 0 Å². The first kappa shape index (κ1) is 13.9. The summed E-state index contributed by atoms with van der Waals surface area (Å²) in [5.41, 5.74) is 0.787. The summed E-state index contributed by atoms with van der Waals surface area (Å²) in [6, 6.07) is 7.10. The second-order valence-corrected chi connectivity index (χ2v) is 5.66. The van der Waals surface area contributed by atoms with Crippen LogP contribution in [0.2, 0.25) is 0 Å². The molecule has 1 amide bonds. The molecule has 1 saturated carbocycles. The number of pyridine rings is 1. The largest absolute Gasteiger partial charge is 0.345 e. The van der Waals surface area contributed by atoms with Crippen molar-refractivity contribution in [3.63, 3.8) is 0 Å². The molecule has 116 valence electrons. The van der Waals surface area contributed by atoms with E-state index in [1.54, 1.807) is 12.1 Å². The minimum atomic E-state index is -0.628. The molecule has 3 aromatic rings. The number of benzene rings is 1. The number of hydrogen-bond acceptors (Lipinski definition) is 2. The molecule has 1 aliphatic rings. The van der Waals surface area contributed by atoms with Gasteiger partial charge in [0.05, 0.1) is 5.56 Å². The number of carbonyl (C=O) groups excluding carboxylic acids is 1. The van der Waals surface area contributed by atoms with E-state index in [2.05, 4.69) is 15.3 Å². The molecule has 0 spiro atoms. The number of halogens is 2. The summed E-state index contributed by atoms with van der Waals surface area (Å²) in [5, 5.41) is 3.35. The fourth-order valence-electron chi connectivity index (χ4n) is 2.61. The highest BCUT2D eigenvalue weighted by molar-refractivity contribution is 5.97. The molecule has 1 aromatic carbocycles. The molecule has 2 heterocycles. The minimum Gasteiger partial charge on any atom is -0.345 e. The number of aromatic nitrogens is 2. The van der Waals surface area contributed by atoms with Crippen LogP contribution in [0.4, 0.5) is 14.6 Å². The third-order valence-electron chi connectivity index (χ3n) is 3.97. The van der Waals surface area contributed by atoms with Crippen LogP contribution < -0.4 is 5.32 Å². The first-order valence-electron chi connectivity index (χ1n) is 7.37. The second kappa shape index (κ2) is 5.15. The highest BCUT2D eigenvalue weighted by Crippen LogP contribution is 2.33. The summed E-state index contributed by atoms with van der Waals surface area (Å²) in [4.78, 5) is 19.0. The number of rotatable bonds is 3. The molecule has 0 bridgehead atoms. The van der Waals surface area contributed by atoms with E-state index < -0.39 is 11.6 Å². The van der Waals surface area contributed by atoms with Gasteiger partial charge in [-0.3, -0.25) is 4.79 Å². The van der Waals surface area contributed by atoms with Gasteiger partial charge >= 0.3 is 0 Å². The quantitative estimate of drug-likeness (QED) is 0.771. The summed E-state index contributed by atoms with van der Waals surface area (Å²) >= 11 is 0. The Labute approximate surface area is 130 Å². The zero-order chi connectivity index (χ0) is 16.0. The smallest absolute Gasteiger partial charge is 0.228 e. The molecule has 6 heteroatoms. The highest BCUT2D eigenvalue weighted by atomic mass is 19.1. The Balaban J connectivity index is 1.74. The van der Waals surface area contributed by atoms with Gasteiger partial charge in [-0.05, 0) is 37.1 Å². The number of hydrogen-bond donors (Lipinski definition) is 2. The minimum absolute atomic E-state index is 0.0382. The van der Waals surface area contributed by atoms with Gasteiger partial charge in [-0.2, -0.15) is 0 Å². The monoisotopic (exact) mass is 313 g/mol. The zero-order valence-corrected chi connectivity index (χ0v) is 12.1. The Hall–Kier alpha value is -2.76. The molecule has 0 unspecified atom stereocenters. The van der Waals surface area contributed by atoms with Crippen LogP contribution in [0.1, 0.15) is 12.8 Å². The number of nitrogens with zero attached hydrogens (tertiary/aromatic N) is 1. The van der Waals surface area contributed by atoms with Gasteiger partial charge in [0.2, 0.25) is 5.91 Å². The molecule has 23 heavy (non-hydrogen) atoms. The molecule has 4 rings (SSSR count). The van der Waals surface area contributed by atoms with Crippen molar-refractivity contribution in [2.75, 3.05) is 5.32 Å². The zero-order valence-electron chi connectivity index (χ0n) is 12.1. The van der Waals surface area contributed by atoms with E-state index in [9.17, 15) is 13.6 Å². The lowest BCUT2D eigenvalue weighted by atomic mass is 10.0. The number of carbonyl (C=O) groups is 1. The third kappa shape index (κ3) is 2.46. The van der Waals surface area contributed by atoms with Gasteiger partial charge in [-0.1, -0.05) is 6.07 Å². The highest BCUT2D eigenvalue weighted by Gasteiger charge is 2.29. The first-order valence-corrected chi connectivity index (χ1v) is 7.37. The van der Waals surface area contributed by atoms with Gasteiger partial charge < -0.3 is 10.3 Å². The van der Waals surface area contributed by atoms with E-state index in [1.807, 2.05) is 0 Å². The summed E-state index contributed by atoms with van der Waals surface area (Å²) in [5.74, 6) is -0.784. The van der Waals surface area contributed by atoms with Crippen LogP contribution in [0, 0.1) is 17.6 Å². The van der Waals surface area contributed by atoms with Crippen LogP contribution in [-0.2, 0) is 4.79 Å². The number of amides is 1. The predicted octanol–water partition coefficient (Wildman–Crippen LogP) is 3.86. The van der Waals surface area contributed by atoms with Gasteiger partial charge in [-0.15, -0.1) is 0 Å². The molecule has 2 aromatic heterocycles. The number of anilines is 1. The van der Waals surface area contributed by atoms with E-state index in [0.717, 1.165) is 12.8 Å². The van der Waals surface area contributed by atoms with E-state index in [1.165, 1.54) is 24.4 Å². The second-order valence-electron chi connectivity index (χ2n) is 5.66. The summed E-state index contributed by atoms with van der Waals surface area (Å²) in [6.07, 6.45) is 3.34. The lowest BCUT2D eigenvalue weighted by Gasteiger charge is -2.05. The van der Waals surface area contributed by atoms with Crippen LogP contribution in [0.15, 0.2) is 36.5 Å². The van der Waals surface area contributed by atoms with Crippen molar-refractivity contribution in [2.45, 2.75) is 12.8 Å². The number of nitrogens with one attached hydrogen (secondary N) is 2. The Kier molecular flexibility index (Phi) is 3.11. The molecule has 0 saturated heterocycles. The van der Waals surface area contributed by atoms with E-state index in [-0.39, 0.29) is 17.4 Å². The first-order chi connectivity index (χ1) is 11.1. The van der Waals surface area contributed by atoms with Gasteiger partial charge in [0, 0.05) is 23.1 Å². The van der Waals surface area contributed by atoms with Crippen molar-refractivity contribution in [3.8, 4) is 11.1 Å². The Morgan fingerprint density at radius 1 is 1.17 bits per heavy atom. The maximum atomic E-state index is 14.0.